The van der Waals surface area contributed by atoms with Crippen LogP contribution in [0.5, 0.6) is 0 Å². The van der Waals surface area contributed by atoms with E-state index in [9.17, 15) is 0 Å². The standard InChI is InChI=1S/C6H3N6/c1-4-5(9-2-8-4)12-3-10-11-6(12)7-1/h1-3H. The Morgan fingerprint density at radius 3 is 3.33 bits per heavy atom. The van der Waals surface area contributed by atoms with Gasteiger partial charge in [-0.3, -0.25) is 0 Å². The van der Waals surface area contributed by atoms with Crippen LogP contribution in [0.2, 0.25) is 0 Å². The Bertz CT molecular complexity index is 470. The highest BCUT2D eigenvalue weighted by Gasteiger charge is 2.12. The van der Waals surface area contributed by atoms with Crippen molar-refractivity contribution < 1.29 is 0 Å². The zero-order valence-electron chi connectivity index (χ0n) is 5.92. The van der Waals surface area contributed by atoms with Gasteiger partial charge in [-0.1, -0.05) is 0 Å². The molecule has 2 aromatic rings. The first-order valence-corrected chi connectivity index (χ1v) is 3.37. The van der Waals surface area contributed by atoms with E-state index in [1.807, 2.05) is 0 Å². The number of nitrogens with zero attached hydrogens (tertiary/aromatic N) is 6. The largest absolute Gasteiger partial charge is 0.256 e. The van der Waals surface area contributed by atoms with Gasteiger partial charge in [-0.15, -0.1) is 10.2 Å². The minimum absolute atomic E-state index is 0.544. The normalized spacial score (nSPS) is 13.3. The van der Waals surface area contributed by atoms with Gasteiger partial charge in [-0.05, 0) is 0 Å². The van der Waals surface area contributed by atoms with Gasteiger partial charge in [0, 0.05) is 0 Å². The molecule has 0 fully saturated rings. The molecule has 0 bridgehead atoms. The molecular formula is C6H3N6. The van der Waals surface area contributed by atoms with Crippen molar-refractivity contribution in [3.05, 3.63) is 12.5 Å². The molecule has 3 rings (SSSR count). The van der Waals surface area contributed by atoms with Crippen molar-refractivity contribution in [2.24, 2.45) is 4.99 Å². The van der Waals surface area contributed by atoms with Crippen LogP contribution >= 0.6 is 0 Å². The first-order valence-electron chi connectivity index (χ1n) is 3.37. The van der Waals surface area contributed by atoms with Crippen LogP contribution < -0.4 is 5.32 Å². The van der Waals surface area contributed by atoms with Crippen LogP contribution in [-0.4, -0.2) is 25.9 Å². The zero-order chi connectivity index (χ0) is 7.97. The lowest BCUT2D eigenvalue weighted by molar-refractivity contribution is 1.06. The molecule has 12 heavy (non-hydrogen) atoms. The third-order valence-electron chi connectivity index (χ3n) is 1.67. The van der Waals surface area contributed by atoms with Crippen molar-refractivity contribution in [3.8, 4) is 0 Å². The quantitative estimate of drug-likeness (QED) is 0.544. The molecule has 6 nitrogen and oxygen atoms in total. The van der Waals surface area contributed by atoms with Crippen LogP contribution in [0.15, 0.2) is 17.5 Å². The molecule has 57 valence electrons. The lowest BCUT2D eigenvalue weighted by atomic mass is 10.5. The molecule has 0 saturated carbocycles. The lowest BCUT2D eigenvalue weighted by Gasteiger charge is -1.96. The SMILES string of the molecule is C1=Nc2cnc3nncn3c2[N]1. The zero-order valence-corrected chi connectivity index (χ0v) is 5.92. The second kappa shape index (κ2) is 1.79. The van der Waals surface area contributed by atoms with E-state index in [1.165, 1.54) is 6.34 Å². The van der Waals surface area contributed by atoms with Gasteiger partial charge in [0.2, 0.25) is 0 Å². The third kappa shape index (κ3) is 0.541. The molecule has 0 atom stereocenters. The van der Waals surface area contributed by atoms with Crippen LogP contribution in [0.3, 0.4) is 0 Å². The van der Waals surface area contributed by atoms with Crippen LogP contribution in [0.25, 0.3) is 5.78 Å². The summed E-state index contributed by atoms with van der Waals surface area (Å²) in [5.41, 5.74) is 0.752. The summed E-state index contributed by atoms with van der Waals surface area (Å²) in [4.78, 5) is 8.03. The van der Waals surface area contributed by atoms with E-state index in [2.05, 4.69) is 25.5 Å². The fourth-order valence-electron chi connectivity index (χ4n) is 1.13. The van der Waals surface area contributed by atoms with Crippen LogP contribution in [0.1, 0.15) is 0 Å². The van der Waals surface area contributed by atoms with Crippen LogP contribution in [0, 0.1) is 0 Å². The fourth-order valence-corrected chi connectivity index (χ4v) is 1.13. The molecule has 2 aromatic heterocycles. The van der Waals surface area contributed by atoms with E-state index in [0.717, 1.165) is 11.5 Å². The van der Waals surface area contributed by atoms with Gasteiger partial charge in [0.05, 0.1) is 6.20 Å². The van der Waals surface area contributed by atoms with Crippen molar-refractivity contribution in [3.63, 3.8) is 0 Å². The Balaban J connectivity index is 2.49. The van der Waals surface area contributed by atoms with Crippen molar-refractivity contribution in [1.29, 1.82) is 0 Å². The maximum atomic E-state index is 4.05. The van der Waals surface area contributed by atoms with Gasteiger partial charge in [-0.25, -0.2) is 19.7 Å². The second-order valence-electron chi connectivity index (χ2n) is 2.34. The van der Waals surface area contributed by atoms with E-state index >= 15 is 0 Å². The highest BCUT2D eigenvalue weighted by Crippen LogP contribution is 2.26. The predicted octanol–water partition coefficient (Wildman–Crippen LogP) is 0.0336. The summed E-state index contributed by atoms with van der Waals surface area (Å²) in [6.07, 6.45) is 4.69. The number of hydrogen-bond acceptors (Lipinski definition) is 4. The molecule has 0 amide bonds. The minimum Gasteiger partial charge on any atom is -0.248 e. The van der Waals surface area contributed by atoms with Crippen molar-refractivity contribution in [2.45, 2.75) is 0 Å². The minimum atomic E-state index is 0.544. The molecule has 0 N–H and O–H groups in total. The van der Waals surface area contributed by atoms with Crippen LogP contribution in [0.4, 0.5) is 11.5 Å². The predicted molar refractivity (Wildman–Crippen MR) is 40.7 cm³/mol. The average molecular weight is 159 g/mol. The van der Waals surface area contributed by atoms with Gasteiger partial charge in [0.15, 0.2) is 5.82 Å². The molecular weight excluding hydrogens is 156 g/mol. The Morgan fingerprint density at radius 1 is 1.33 bits per heavy atom. The number of aromatic nitrogens is 4. The molecule has 1 radical (unpaired) electrons. The van der Waals surface area contributed by atoms with Crippen molar-refractivity contribution in [1.82, 2.24) is 24.9 Å². The second-order valence-corrected chi connectivity index (χ2v) is 2.34. The molecule has 3 heterocycles. The Labute approximate surface area is 67.0 Å². The molecule has 0 unspecified atom stereocenters. The molecule has 0 saturated heterocycles. The highest BCUT2D eigenvalue weighted by atomic mass is 15.3. The summed E-state index contributed by atoms with van der Waals surface area (Å²) in [7, 11) is 0. The van der Waals surface area contributed by atoms with E-state index < -0.39 is 0 Å². The number of hydrogen-bond donors (Lipinski definition) is 0. The molecule has 1 aliphatic heterocycles. The van der Waals surface area contributed by atoms with E-state index in [-0.39, 0.29) is 0 Å². The lowest BCUT2D eigenvalue weighted by Crippen LogP contribution is -1.95. The summed E-state index contributed by atoms with van der Waals surface area (Å²) in [5.74, 6) is 1.29. The van der Waals surface area contributed by atoms with Gasteiger partial charge in [-0.2, -0.15) is 0 Å². The van der Waals surface area contributed by atoms with Gasteiger partial charge in [0.1, 0.15) is 18.4 Å². The fraction of sp³-hybridized carbons (Fsp3) is 0. The van der Waals surface area contributed by atoms with E-state index in [0.29, 0.717) is 5.78 Å². The summed E-state index contributed by atoms with van der Waals surface area (Å²) < 4.78 is 1.70. The van der Waals surface area contributed by atoms with Crippen molar-refractivity contribution >= 4 is 23.6 Å². The molecule has 0 spiro atoms. The highest BCUT2D eigenvalue weighted by molar-refractivity contribution is 5.79. The summed E-state index contributed by atoms with van der Waals surface area (Å²) in [5, 5.41) is 11.5. The number of rotatable bonds is 0. The molecule has 6 heteroatoms. The Kier molecular flexibility index (Phi) is 0.840. The maximum Gasteiger partial charge on any atom is 0.256 e. The number of fused-ring (bicyclic) bond motifs is 3. The monoisotopic (exact) mass is 159 g/mol. The smallest absolute Gasteiger partial charge is 0.248 e. The molecule has 0 aliphatic carbocycles. The molecule has 1 aliphatic rings. The Morgan fingerprint density at radius 2 is 2.33 bits per heavy atom. The van der Waals surface area contributed by atoms with Crippen molar-refractivity contribution in [2.75, 3.05) is 0 Å². The third-order valence-corrected chi connectivity index (χ3v) is 1.67. The number of aliphatic imine (C=N–C) groups is 1. The first-order chi connectivity index (χ1) is 5.95. The maximum absolute atomic E-state index is 4.05. The Hall–Kier alpha value is -1.98. The van der Waals surface area contributed by atoms with Gasteiger partial charge < -0.3 is 0 Å². The molecule has 0 aromatic carbocycles. The average Bonchev–Trinajstić information content (AvgIpc) is 2.71. The first kappa shape index (κ1) is 5.64. The summed E-state index contributed by atoms with van der Waals surface area (Å²) in [6, 6.07) is 0. The van der Waals surface area contributed by atoms with Crippen LogP contribution in [-0.2, 0) is 0 Å². The van der Waals surface area contributed by atoms with Gasteiger partial charge in [0.25, 0.3) is 5.78 Å². The van der Waals surface area contributed by atoms with E-state index in [4.69, 9.17) is 0 Å². The van der Waals surface area contributed by atoms with Gasteiger partial charge >= 0.3 is 0 Å². The summed E-state index contributed by atoms with van der Waals surface area (Å²) in [6.45, 7) is 0. The summed E-state index contributed by atoms with van der Waals surface area (Å²) >= 11 is 0. The van der Waals surface area contributed by atoms with E-state index in [1.54, 1.807) is 16.9 Å². The topological polar surface area (TPSA) is 69.5 Å².